The van der Waals surface area contributed by atoms with Crippen molar-refractivity contribution in [1.82, 2.24) is 14.8 Å². The summed E-state index contributed by atoms with van der Waals surface area (Å²) in [6, 6.07) is 15.1. The topological polar surface area (TPSA) is 81.1 Å². The van der Waals surface area contributed by atoms with Crippen LogP contribution in [-0.4, -0.2) is 33.5 Å². The van der Waals surface area contributed by atoms with Gasteiger partial charge < -0.3 is 15.4 Å². The van der Waals surface area contributed by atoms with Crippen LogP contribution in [-0.2, 0) is 4.79 Å². The molecule has 0 saturated carbocycles. The first-order valence-corrected chi connectivity index (χ1v) is 12.1. The van der Waals surface area contributed by atoms with E-state index in [0.29, 0.717) is 16.7 Å². The van der Waals surface area contributed by atoms with Gasteiger partial charge in [-0.3, -0.25) is 4.79 Å². The zero-order chi connectivity index (χ0) is 23.4. The highest BCUT2D eigenvalue weighted by Crippen LogP contribution is 2.37. The number of carbonyl (C=O) groups is 1. The van der Waals surface area contributed by atoms with Crippen LogP contribution in [0.25, 0.3) is 0 Å². The number of anilines is 2. The van der Waals surface area contributed by atoms with E-state index in [9.17, 15) is 4.79 Å². The molecular formula is C25H29N5O2S. The summed E-state index contributed by atoms with van der Waals surface area (Å²) in [6.45, 7) is 6.07. The van der Waals surface area contributed by atoms with Crippen LogP contribution in [0.3, 0.4) is 0 Å². The molecule has 0 fully saturated rings. The molecule has 1 amide bonds. The van der Waals surface area contributed by atoms with Gasteiger partial charge >= 0.3 is 0 Å². The van der Waals surface area contributed by atoms with Crippen LogP contribution in [0.4, 0.5) is 11.6 Å². The van der Waals surface area contributed by atoms with Crippen LogP contribution in [0, 0.1) is 6.92 Å². The van der Waals surface area contributed by atoms with Gasteiger partial charge in [0, 0.05) is 17.1 Å². The Morgan fingerprint density at radius 2 is 2.03 bits per heavy atom. The fourth-order valence-electron chi connectivity index (χ4n) is 3.84. The molecule has 2 aromatic carbocycles. The Kier molecular flexibility index (Phi) is 7.03. The minimum atomic E-state index is -0.436. The molecule has 1 aliphatic rings. The van der Waals surface area contributed by atoms with Crippen molar-refractivity contribution in [2.45, 2.75) is 44.8 Å². The smallest absolute Gasteiger partial charge is 0.255 e. The number of unbranched alkanes of at least 4 members (excludes halogenated alkanes) is 1. The molecular weight excluding hydrogens is 434 g/mol. The Balaban J connectivity index is 1.74. The zero-order valence-electron chi connectivity index (χ0n) is 19.4. The van der Waals surface area contributed by atoms with E-state index in [4.69, 9.17) is 9.84 Å². The van der Waals surface area contributed by atoms with E-state index in [2.05, 4.69) is 22.5 Å². The molecule has 2 heterocycles. The minimum Gasteiger partial charge on any atom is -0.497 e. The number of carbonyl (C=O) groups excluding carboxylic acids is 1. The Morgan fingerprint density at radius 3 is 2.79 bits per heavy atom. The van der Waals surface area contributed by atoms with Crippen LogP contribution in [0.5, 0.6) is 5.75 Å². The van der Waals surface area contributed by atoms with Crippen molar-refractivity contribution in [3.63, 3.8) is 0 Å². The SMILES string of the molecule is CCCCSc1nc2n(n1)C(c1cccc(OC)c1)C(C(=O)Nc1cccc(C)c1)=C(C)N2. The average molecular weight is 464 g/mol. The molecule has 0 spiro atoms. The van der Waals surface area contributed by atoms with Gasteiger partial charge in [-0.05, 0) is 55.7 Å². The van der Waals surface area contributed by atoms with Gasteiger partial charge in [-0.2, -0.15) is 4.98 Å². The molecule has 7 nitrogen and oxygen atoms in total. The van der Waals surface area contributed by atoms with E-state index in [-0.39, 0.29) is 5.91 Å². The van der Waals surface area contributed by atoms with Crippen molar-refractivity contribution < 1.29 is 9.53 Å². The number of aryl methyl sites for hydroxylation is 1. The van der Waals surface area contributed by atoms with Gasteiger partial charge in [-0.25, -0.2) is 4.68 Å². The number of methoxy groups -OCH3 is 1. The third kappa shape index (κ3) is 5.06. The van der Waals surface area contributed by atoms with Crippen LogP contribution >= 0.6 is 11.8 Å². The summed E-state index contributed by atoms with van der Waals surface area (Å²) in [4.78, 5) is 18.2. The fourth-order valence-corrected chi connectivity index (χ4v) is 4.75. The number of benzene rings is 2. The van der Waals surface area contributed by atoms with E-state index in [1.165, 1.54) is 0 Å². The third-order valence-electron chi connectivity index (χ3n) is 5.49. The normalized spacial score (nSPS) is 15.1. The lowest BCUT2D eigenvalue weighted by Gasteiger charge is -2.28. The molecule has 1 atom stereocenters. The Morgan fingerprint density at radius 1 is 1.21 bits per heavy atom. The van der Waals surface area contributed by atoms with Crippen molar-refractivity contribution in [3.8, 4) is 5.75 Å². The molecule has 4 rings (SSSR count). The first kappa shape index (κ1) is 22.9. The molecule has 33 heavy (non-hydrogen) atoms. The molecule has 0 aliphatic carbocycles. The summed E-state index contributed by atoms with van der Waals surface area (Å²) in [5.41, 5.74) is 4.08. The van der Waals surface area contributed by atoms with Crippen LogP contribution in [0.2, 0.25) is 0 Å². The van der Waals surface area contributed by atoms with Crippen LogP contribution in [0.1, 0.15) is 43.9 Å². The van der Waals surface area contributed by atoms with E-state index in [1.807, 2.05) is 62.4 Å². The second kappa shape index (κ2) is 10.1. The minimum absolute atomic E-state index is 0.181. The molecule has 8 heteroatoms. The fraction of sp³-hybridized carbons (Fsp3) is 0.320. The third-order valence-corrected chi connectivity index (χ3v) is 6.42. The quantitative estimate of drug-likeness (QED) is 0.343. The number of nitrogens with one attached hydrogen (secondary N) is 2. The highest BCUT2D eigenvalue weighted by atomic mass is 32.2. The Bertz CT molecular complexity index is 1190. The second-order valence-corrected chi connectivity index (χ2v) is 9.09. The summed E-state index contributed by atoms with van der Waals surface area (Å²) >= 11 is 1.63. The number of nitrogens with zero attached hydrogens (tertiary/aromatic N) is 3. The van der Waals surface area contributed by atoms with E-state index in [0.717, 1.165) is 46.9 Å². The summed E-state index contributed by atoms with van der Waals surface area (Å²) in [5, 5.41) is 11.8. The number of allylic oxidation sites excluding steroid dienone is 1. The number of ether oxygens (including phenoxy) is 1. The monoisotopic (exact) mass is 463 g/mol. The van der Waals surface area contributed by atoms with Crippen molar-refractivity contribution in [1.29, 1.82) is 0 Å². The number of aromatic nitrogens is 3. The van der Waals surface area contributed by atoms with Gasteiger partial charge in [-0.1, -0.05) is 49.4 Å². The van der Waals surface area contributed by atoms with Gasteiger partial charge in [0.2, 0.25) is 11.1 Å². The van der Waals surface area contributed by atoms with Crippen LogP contribution < -0.4 is 15.4 Å². The van der Waals surface area contributed by atoms with Crippen LogP contribution in [0.15, 0.2) is 65.0 Å². The Hall–Kier alpha value is -3.26. The summed E-state index contributed by atoms with van der Waals surface area (Å²) < 4.78 is 7.26. The highest BCUT2D eigenvalue weighted by Gasteiger charge is 2.34. The number of hydrogen-bond donors (Lipinski definition) is 2. The number of rotatable bonds is 8. The lowest BCUT2D eigenvalue weighted by molar-refractivity contribution is -0.113. The summed E-state index contributed by atoms with van der Waals surface area (Å²) in [6.07, 6.45) is 2.22. The maximum Gasteiger partial charge on any atom is 0.255 e. The van der Waals surface area contributed by atoms with Gasteiger partial charge in [0.25, 0.3) is 5.91 Å². The molecule has 0 saturated heterocycles. The molecule has 2 N–H and O–H groups in total. The standard InChI is InChI=1S/C25H29N5O2S/c1-5-6-13-33-25-28-24-26-17(3)21(23(31)27-19-11-7-9-16(2)14-19)22(30(24)29-25)18-10-8-12-20(15-18)32-4/h7-12,14-15,22H,5-6,13H2,1-4H3,(H,27,31)(H,26,28,29). The van der Waals surface area contributed by atoms with Gasteiger partial charge in [0.15, 0.2) is 0 Å². The average Bonchev–Trinajstić information content (AvgIpc) is 3.20. The summed E-state index contributed by atoms with van der Waals surface area (Å²) in [5.74, 6) is 2.13. The number of thioether (sulfide) groups is 1. The molecule has 3 aromatic rings. The molecule has 1 aliphatic heterocycles. The number of fused-ring (bicyclic) bond motifs is 1. The van der Waals surface area contributed by atoms with Crippen molar-refractivity contribution >= 4 is 29.3 Å². The Labute approximate surface area is 198 Å². The van der Waals surface area contributed by atoms with Gasteiger partial charge in [0.1, 0.15) is 11.8 Å². The van der Waals surface area contributed by atoms with E-state index in [1.54, 1.807) is 23.6 Å². The van der Waals surface area contributed by atoms with E-state index >= 15 is 0 Å². The number of amides is 1. The first-order chi connectivity index (χ1) is 16.0. The maximum atomic E-state index is 13.5. The lowest BCUT2D eigenvalue weighted by atomic mass is 9.95. The molecule has 172 valence electrons. The predicted octanol–water partition coefficient (Wildman–Crippen LogP) is 5.41. The van der Waals surface area contributed by atoms with Crippen molar-refractivity contribution in [3.05, 3.63) is 70.9 Å². The lowest BCUT2D eigenvalue weighted by Crippen LogP contribution is -2.31. The zero-order valence-corrected chi connectivity index (χ0v) is 20.2. The molecule has 1 aromatic heterocycles. The molecule has 0 bridgehead atoms. The first-order valence-electron chi connectivity index (χ1n) is 11.1. The molecule has 1 unspecified atom stereocenters. The number of hydrogen-bond acceptors (Lipinski definition) is 6. The molecule has 0 radical (unpaired) electrons. The predicted molar refractivity (Wildman–Crippen MR) is 133 cm³/mol. The summed E-state index contributed by atoms with van der Waals surface area (Å²) in [7, 11) is 1.64. The van der Waals surface area contributed by atoms with E-state index < -0.39 is 6.04 Å². The maximum absolute atomic E-state index is 13.5. The van der Waals surface area contributed by atoms with Crippen molar-refractivity contribution in [2.24, 2.45) is 0 Å². The second-order valence-electron chi connectivity index (χ2n) is 8.03. The highest BCUT2D eigenvalue weighted by molar-refractivity contribution is 7.99. The van der Waals surface area contributed by atoms with Crippen molar-refractivity contribution in [2.75, 3.05) is 23.5 Å². The van der Waals surface area contributed by atoms with Gasteiger partial charge in [-0.15, -0.1) is 5.10 Å². The largest absolute Gasteiger partial charge is 0.497 e. The van der Waals surface area contributed by atoms with Gasteiger partial charge in [0.05, 0.1) is 12.7 Å².